The first kappa shape index (κ1) is 13.9. The molecule has 1 aliphatic rings. The highest BCUT2D eigenvalue weighted by molar-refractivity contribution is 5.68. The quantitative estimate of drug-likeness (QED) is 0.782. The van der Waals surface area contributed by atoms with Gasteiger partial charge in [-0.25, -0.2) is 4.79 Å². The predicted molar refractivity (Wildman–Crippen MR) is 73.1 cm³/mol. The maximum absolute atomic E-state index is 12.0. The smallest absolute Gasteiger partial charge is 0.410 e. The van der Waals surface area contributed by atoms with Crippen molar-refractivity contribution in [3.8, 4) is 0 Å². The van der Waals surface area contributed by atoms with Crippen molar-refractivity contribution in [3.63, 3.8) is 0 Å². The Bertz CT molecular complexity index is 434. The second-order valence-corrected chi connectivity index (χ2v) is 5.92. The fourth-order valence-corrected chi connectivity index (χ4v) is 2.20. The molecule has 0 aromatic carbocycles. The number of carbonyl (C=O) groups is 1. The van der Waals surface area contributed by atoms with Gasteiger partial charge in [-0.1, -0.05) is 0 Å². The summed E-state index contributed by atoms with van der Waals surface area (Å²) in [6, 6.07) is 0. The van der Waals surface area contributed by atoms with E-state index in [4.69, 9.17) is 4.74 Å². The van der Waals surface area contributed by atoms with Gasteiger partial charge in [0.15, 0.2) is 0 Å². The number of rotatable bonds is 1. The Morgan fingerprint density at radius 1 is 1.37 bits per heavy atom. The molecular formula is C14H23N3O2. The van der Waals surface area contributed by atoms with Crippen molar-refractivity contribution in [3.05, 3.63) is 17.5 Å². The van der Waals surface area contributed by atoms with E-state index < -0.39 is 5.60 Å². The average Bonchev–Trinajstić information content (AvgIpc) is 2.59. The zero-order chi connectivity index (χ0) is 14.0. The highest BCUT2D eigenvalue weighted by Gasteiger charge is 2.25. The summed E-state index contributed by atoms with van der Waals surface area (Å²) in [5.41, 5.74) is 1.94. The first-order chi connectivity index (χ1) is 8.89. The van der Waals surface area contributed by atoms with Crippen molar-refractivity contribution < 1.29 is 9.53 Å². The van der Waals surface area contributed by atoms with Crippen molar-refractivity contribution in [1.29, 1.82) is 0 Å². The Morgan fingerprint density at radius 3 is 2.68 bits per heavy atom. The van der Waals surface area contributed by atoms with Gasteiger partial charge in [0.1, 0.15) is 5.60 Å². The largest absolute Gasteiger partial charge is 0.444 e. The Labute approximate surface area is 114 Å². The third-order valence-electron chi connectivity index (χ3n) is 3.17. The molecule has 2 rings (SSSR count). The number of ether oxygens (including phenoxy) is 1. The lowest BCUT2D eigenvalue weighted by Gasteiger charge is -2.26. The Morgan fingerprint density at radius 2 is 2.05 bits per heavy atom. The maximum Gasteiger partial charge on any atom is 0.410 e. The van der Waals surface area contributed by atoms with Gasteiger partial charge in [-0.05, 0) is 39.7 Å². The Balaban J connectivity index is 2.00. The van der Waals surface area contributed by atoms with Gasteiger partial charge in [0.05, 0.1) is 5.69 Å². The number of nitrogens with zero attached hydrogens (tertiary/aromatic N) is 3. The summed E-state index contributed by atoms with van der Waals surface area (Å²) >= 11 is 0. The summed E-state index contributed by atoms with van der Waals surface area (Å²) in [6.45, 7) is 10.0. The van der Waals surface area contributed by atoms with Crippen molar-refractivity contribution in [2.24, 2.45) is 0 Å². The van der Waals surface area contributed by atoms with Crippen molar-refractivity contribution in [2.75, 3.05) is 13.1 Å². The van der Waals surface area contributed by atoms with Crippen LogP contribution in [-0.4, -0.2) is 39.5 Å². The molecule has 0 aliphatic carbocycles. The number of fused-ring (bicyclic) bond motifs is 1. The lowest BCUT2D eigenvalue weighted by molar-refractivity contribution is 0.0258. The minimum absolute atomic E-state index is 0.221. The van der Waals surface area contributed by atoms with Crippen LogP contribution >= 0.6 is 0 Å². The van der Waals surface area contributed by atoms with Crippen LogP contribution in [0.4, 0.5) is 4.79 Å². The molecule has 0 saturated carbocycles. The van der Waals surface area contributed by atoms with Crippen LogP contribution in [0.5, 0.6) is 0 Å². The van der Waals surface area contributed by atoms with Gasteiger partial charge >= 0.3 is 6.09 Å². The Hall–Kier alpha value is -1.52. The van der Waals surface area contributed by atoms with E-state index >= 15 is 0 Å². The van der Waals surface area contributed by atoms with Crippen molar-refractivity contribution in [2.45, 2.75) is 52.7 Å². The van der Waals surface area contributed by atoms with Gasteiger partial charge in [0.25, 0.3) is 0 Å². The molecule has 0 fully saturated rings. The zero-order valence-electron chi connectivity index (χ0n) is 12.3. The van der Waals surface area contributed by atoms with E-state index in [-0.39, 0.29) is 6.09 Å². The van der Waals surface area contributed by atoms with Crippen LogP contribution in [0.2, 0.25) is 0 Å². The monoisotopic (exact) mass is 265 g/mol. The number of hydrogen-bond acceptors (Lipinski definition) is 3. The van der Waals surface area contributed by atoms with Crippen LogP contribution < -0.4 is 0 Å². The second-order valence-electron chi connectivity index (χ2n) is 5.92. The molecule has 5 nitrogen and oxygen atoms in total. The summed E-state index contributed by atoms with van der Waals surface area (Å²) in [4.78, 5) is 13.8. The highest BCUT2D eigenvalue weighted by atomic mass is 16.6. The highest BCUT2D eigenvalue weighted by Crippen LogP contribution is 2.17. The van der Waals surface area contributed by atoms with E-state index in [1.54, 1.807) is 4.90 Å². The lowest BCUT2D eigenvalue weighted by atomic mass is 10.2. The third-order valence-corrected chi connectivity index (χ3v) is 3.17. The van der Waals surface area contributed by atoms with Gasteiger partial charge in [-0.3, -0.25) is 4.68 Å². The molecule has 0 unspecified atom stereocenters. The molecule has 0 atom stereocenters. The van der Waals surface area contributed by atoms with E-state index in [9.17, 15) is 4.79 Å². The SMILES string of the molecule is CCn1cc2c(n1)CCN(C(=O)OC(C)(C)C)CC2. The minimum Gasteiger partial charge on any atom is -0.444 e. The van der Waals surface area contributed by atoms with Crippen LogP contribution in [0.1, 0.15) is 39.0 Å². The van der Waals surface area contributed by atoms with Crippen molar-refractivity contribution >= 4 is 6.09 Å². The first-order valence-electron chi connectivity index (χ1n) is 6.92. The molecular weight excluding hydrogens is 242 g/mol. The van der Waals surface area contributed by atoms with Crippen LogP contribution in [0.3, 0.4) is 0 Å². The predicted octanol–water partition coefficient (Wildman–Crippen LogP) is 2.24. The van der Waals surface area contributed by atoms with E-state index in [0.29, 0.717) is 13.1 Å². The molecule has 2 heterocycles. The minimum atomic E-state index is -0.435. The topological polar surface area (TPSA) is 47.4 Å². The molecule has 5 heteroatoms. The second kappa shape index (κ2) is 5.23. The van der Waals surface area contributed by atoms with Gasteiger partial charge in [-0.15, -0.1) is 0 Å². The molecule has 0 saturated heterocycles. The fraction of sp³-hybridized carbons (Fsp3) is 0.714. The molecule has 0 bridgehead atoms. The van der Waals surface area contributed by atoms with Crippen LogP contribution in [-0.2, 0) is 24.1 Å². The van der Waals surface area contributed by atoms with Gasteiger partial charge in [0, 0.05) is 32.3 Å². The molecule has 1 aromatic rings. The summed E-state index contributed by atoms with van der Waals surface area (Å²) < 4.78 is 7.38. The summed E-state index contributed by atoms with van der Waals surface area (Å²) in [5, 5.41) is 4.54. The molecule has 0 spiro atoms. The first-order valence-corrected chi connectivity index (χ1v) is 6.92. The van der Waals surface area contributed by atoms with E-state index in [0.717, 1.165) is 25.1 Å². The van der Waals surface area contributed by atoms with Crippen LogP contribution in [0.25, 0.3) is 0 Å². The molecule has 106 valence electrons. The van der Waals surface area contributed by atoms with E-state index in [2.05, 4.69) is 18.2 Å². The summed E-state index contributed by atoms with van der Waals surface area (Å²) in [6.07, 6.45) is 3.53. The standard InChI is InChI=1S/C14H23N3O2/c1-5-17-10-11-6-8-16(9-7-12(11)15-17)13(18)19-14(2,3)4/h10H,5-9H2,1-4H3. The molecule has 0 radical (unpaired) electrons. The molecule has 1 aromatic heterocycles. The van der Waals surface area contributed by atoms with Crippen LogP contribution in [0.15, 0.2) is 6.20 Å². The van der Waals surface area contributed by atoms with Gasteiger partial charge in [-0.2, -0.15) is 5.10 Å². The maximum atomic E-state index is 12.0. The lowest BCUT2D eigenvalue weighted by Crippen LogP contribution is -2.38. The Kier molecular flexibility index (Phi) is 3.83. The zero-order valence-corrected chi connectivity index (χ0v) is 12.3. The van der Waals surface area contributed by atoms with E-state index in [1.165, 1.54) is 5.56 Å². The molecule has 19 heavy (non-hydrogen) atoms. The fourth-order valence-electron chi connectivity index (χ4n) is 2.20. The molecule has 0 N–H and O–H groups in total. The normalized spacial score (nSPS) is 15.9. The number of carbonyl (C=O) groups excluding carboxylic acids is 1. The van der Waals surface area contributed by atoms with Gasteiger partial charge < -0.3 is 9.64 Å². The number of hydrogen-bond donors (Lipinski definition) is 0. The number of aryl methyl sites for hydroxylation is 1. The van der Waals surface area contributed by atoms with E-state index in [1.807, 2.05) is 25.5 Å². The number of aromatic nitrogens is 2. The summed E-state index contributed by atoms with van der Waals surface area (Å²) in [7, 11) is 0. The number of amides is 1. The third kappa shape index (κ3) is 3.49. The molecule has 1 aliphatic heterocycles. The van der Waals surface area contributed by atoms with Crippen molar-refractivity contribution in [1.82, 2.24) is 14.7 Å². The average molecular weight is 265 g/mol. The van der Waals surface area contributed by atoms with Gasteiger partial charge in [0.2, 0.25) is 0 Å². The summed E-state index contributed by atoms with van der Waals surface area (Å²) in [5.74, 6) is 0. The van der Waals surface area contributed by atoms with Crippen LogP contribution in [0, 0.1) is 0 Å². The molecule has 1 amide bonds.